The average molecular weight is 415 g/mol. The summed E-state index contributed by atoms with van der Waals surface area (Å²) in [4.78, 5) is 21.7. The van der Waals surface area contributed by atoms with Crippen LogP contribution in [0, 0.1) is 17.2 Å². The molecular weight excluding hydrogens is 394 g/mol. The smallest absolute Gasteiger partial charge is 0.253 e. The molecule has 0 fully saturated rings. The van der Waals surface area contributed by atoms with Crippen molar-refractivity contribution >= 4 is 22.5 Å². The molecule has 0 aliphatic heterocycles. The topological polar surface area (TPSA) is 102 Å². The van der Waals surface area contributed by atoms with Gasteiger partial charge in [0.2, 0.25) is 0 Å². The van der Waals surface area contributed by atoms with Gasteiger partial charge in [0.1, 0.15) is 12.1 Å². The van der Waals surface area contributed by atoms with Crippen molar-refractivity contribution in [3.63, 3.8) is 0 Å². The minimum absolute atomic E-state index is 0.246. The number of rotatable bonds is 5. The molecular formula is C23H21N5O3. The third-order valence-corrected chi connectivity index (χ3v) is 5.16. The Morgan fingerprint density at radius 2 is 2.03 bits per heavy atom. The van der Waals surface area contributed by atoms with Crippen molar-refractivity contribution in [1.82, 2.24) is 19.9 Å². The summed E-state index contributed by atoms with van der Waals surface area (Å²) in [5.41, 5.74) is 3.19. The Labute approximate surface area is 179 Å². The van der Waals surface area contributed by atoms with Crippen molar-refractivity contribution in [3.8, 4) is 23.4 Å². The van der Waals surface area contributed by atoms with Gasteiger partial charge in [-0.25, -0.2) is 9.97 Å². The highest BCUT2D eigenvalue weighted by Crippen LogP contribution is 2.33. The summed E-state index contributed by atoms with van der Waals surface area (Å²) in [5.74, 6) is 1.25. The molecule has 1 amide bonds. The maximum atomic E-state index is 12.5. The summed E-state index contributed by atoms with van der Waals surface area (Å²) >= 11 is 0. The van der Waals surface area contributed by atoms with Gasteiger partial charge in [-0.3, -0.25) is 9.36 Å². The maximum absolute atomic E-state index is 12.5. The molecule has 2 heterocycles. The van der Waals surface area contributed by atoms with Crippen molar-refractivity contribution in [2.45, 2.75) is 6.42 Å². The minimum Gasteiger partial charge on any atom is -0.493 e. The minimum atomic E-state index is -0.256. The Morgan fingerprint density at radius 3 is 2.74 bits per heavy atom. The molecule has 8 nitrogen and oxygen atoms in total. The molecule has 1 aromatic carbocycles. The van der Waals surface area contributed by atoms with E-state index in [-0.39, 0.29) is 11.8 Å². The van der Waals surface area contributed by atoms with Crippen LogP contribution in [0.4, 0.5) is 0 Å². The first-order valence-electron chi connectivity index (χ1n) is 9.70. The summed E-state index contributed by atoms with van der Waals surface area (Å²) in [7, 11) is 4.73. The highest BCUT2D eigenvalue weighted by Gasteiger charge is 2.20. The SMILES string of the molecule is CNC(=O)c1ccc(-n2cnc3cc(OC)c(OC)cc32)nc1C1=CC(C#N)CC=C1. The molecule has 8 heteroatoms. The van der Waals surface area contributed by atoms with E-state index in [9.17, 15) is 10.1 Å². The average Bonchev–Trinajstić information content (AvgIpc) is 3.25. The predicted molar refractivity (Wildman–Crippen MR) is 116 cm³/mol. The number of benzene rings is 1. The van der Waals surface area contributed by atoms with Crippen LogP contribution < -0.4 is 14.8 Å². The van der Waals surface area contributed by atoms with Crippen LogP contribution in [0.3, 0.4) is 0 Å². The van der Waals surface area contributed by atoms with Gasteiger partial charge in [0.25, 0.3) is 5.91 Å². The van der Waals surface area contributed by atoms with Crippen molar-refractivity contribution in [2.75, 3.05) is 21.3 Å². The standard InChI is InChI=1S/C23H21N5O3/c1-25-23(29)16-7-8-21(27-22(16)15-6-4-5-14(9-15)12-24)28-13-26-17-10-19(30-2)20(31-3)11-18(17)28/h4,6-11,13-14H,5H2,1-3H3,(H,25,29). The number of nitriles is 1. The van der Waals surface area contributed by atoms with Crippen LogP contribution in [-0.4, -0.2) is 41.7 Å². The van der Waals surface area contributed by atoms with Gasteiger partial charge in [-0.15, -0.1) is 0 Å². The van der Waals surface area contributed by atoms with E-state index < -0.39 is 0 Å². The van der Waals surface area contributed by atoms with Gasteiger partial charge < -0.3 is 14.8 Å². The molecule has 1 aliphatic carbocycles. The second kappa shape index (κ2) is 8.32. The number of nitrogens with zero attached hydrogens (tertiary/aromatic N) is 4. The zero-order chi connectivity index (χ0) is 22.0. The molecule has 0 saturated carbocycles. The lowest BCUT2D eigenvalue weighted by molar-refractivity contribution is 0.0962. The van der Waals surface area contributed by atoms with Crippen LogP contribution in [0.2, 0.25) is 0 Å². The molecule has 1 atom stereocenters. The number of pyridine rings is 1. The molecule has 1 aliphatic rings. The van der Waals surface area contributed by atoms with E-state index in [1.54, 1.807) is 45.8 Å². The number of carbonyl (C=O) groups excluding carboxylic acids is 1. The van der Waals surface area contributed by atoms with Gasteiger partial charge in [0, 0.05) is 19.2 Å². The van der Waals surface area contributed by atoms with Crippen molar-refractivity contribution in [2.24, 2.45) is 5.92 Å². The van der Waals surface area contributed by atoms with Gasteiger partial charge >= 0.3 is 0 Å². The number of ether oxygens (including phenoxy) is 2. The molecule has 1 N–H and O–H groups in total. The van der Waals surface area contributed by atoms with Gasteiger partial charge in [-0.1, -0.05) is 18.2 Å². The molecule has 156 valence electrons. The van der Waals surface area contributed by atoms with E-state index in [2.05, 4.69) is 16.4 Å². The lowest BCUT2D eigenvalue weighted by atomic mass is 9.93. The van der Waals surface area contributed by atoms with E-state index >= 15 is 0 Å². The number of fused-ring (bicyclic) bond motifs is 1. The fraction of sp³-hybridized carbons (Fsp3) is 0.217. The Balaban J connectivity index is 1.89. The first-order valence-corrected chi connectivity index (χ1v) is 9.70. The van der Waals surface area contributed by atoms with E-state index in [0.29, 0.717) is 35.0 Å². The Kier molecular flexibility index (Phi) is 5.41. The van der Waals surface area contributed by atoms with Gasteiger partial charge in [-0.05, 0) is 24.1 Å². The number of methoxy groups -OCH3 is 2. The highest BCUT2D eigenvalue weighted by atomic mass is 16.5. The number of hydrogen-bond donors (Lipinski definition) is 1. The summed E-state index contributed by atoms with van der Waals surface area (Å²) < 4.78 is 12.6. The van der Waals surface area contributed by atoms with E-state index in [1.807, 2.05) is 28.9 Å². The molecule has 1 unspecified atom stereocenters. The van der Waals surface area contributed by atoms with Gasteiger partial charge in [0.05, 0.1) is 48.5 Å². The summed E-state index contributed by atoms with van der Waals surface area (Å²) in [6.45, 7) is 0. The Bertz CT molecular complexity index is 1270. The van der Waals surface area contributed by atoms with E-state index in [4.69, 9.17) is 14.5 Å². The Morgan fingerprint density at radius 1 is 1.26 bits per heavy atom. The second-order valence-corrected chi connectivity index (χ2v) is 6.95. The number of aromatic nitrogens is 3. The van der Waals surface area contributed by atoms with Crippen LogP contribution in [0.1, 0.15) is 22.5 Å². The summed E-state index contributed by atoms with van der Waals surface area (Å²) in [6, 6.07) is 9.39. The first-order chi connectivity index (χ1) is 15.1. The fourth-order valence-electron chi connectivity index (χ4n) is 3.57. The zero-order valence-corrected chi connectivity index (χ0v) is 17.4. The third-order valence-electron chi connectivity index (χ3n) is 5.16. The molecule has 0 bridgehead atoms. The number of hydrogen-bond acceptors (Lipinski definition) is 6. The van der Waals surface area contributed by atoms with Crippen LogP contribution in [0.25, 0.3) is 22.4 Å². The number of imidazole rings is 1. The number of nitrogens with one attached hydrogen (secondary N) is 1. The lowest BCUT2D eigenvalue weighted by Gasteiger charge is -2.15. The predicted octanol–water partition coefficient (Wildman–Crippen LogP) is 3.28. The number of allylic oxidation sites excluding steroid dienone is 4. The largest absolute Gasteiger partial charge is 0.493 e. The highest BCUT2D eigenvalue weighted by molar-refractivity contribution is 5.99. The van der Waals surface area contributed by atoms with Crippen molar-refractivity contribution < 1.29 is 14.3 Å². The molecule has 0 saturated heterocycles. The monoisotopic (exact) mass is 415 g/mol. The normalized spacial score (nSPS) is 15.3. The third kappa shape index (κ3) is 3.62. The molecule has 0 radical (unpaired) electrons. The van der Waals surface area contributed by atoms with Crippen LogP contribution in [-0.2, 0) is 0 Å². The number of carbonyl (C=O) groups is 1. The van der Waals surface area contributed by atoms with E-state index in [0.717, 1.165) is 16.6 Å². The van der Waals surface area contributed by atoms with E-state index in [1.165, 1.54) is 0 Å². The van der Waals surface area contributed by atoms with Gasteiger partial charge in [-0.2, -0.15) is 5.26 Å². The maximum Gasteiger partial charge on any atom is 0.253 e. The summed E-state index contributed by atoms with van der Waals surface area (Å²) in [5, 5.41) is 12.0. The van der Waals surface area contributed by atoms with Crippen LogP contribution in [0.15, 0.2) is 48.8 Å². The van der Waals surface area contributed by atoms with Crippen molar-refractivity contribution in [3.05, 3.63) is 60.1 Å². The zero-order valence-electron chi connectivity index (χ0n) is 17.4. The van der Waals surface area contributed by atoms with Gasteiger partial charge in [0.15, 0.2) is 11.5 Å². The lowest BCUT2D eigenvalue weighted by Crippen LogP contribution is -2.20. The second-order valence-electron chi connectivity index (χ2n) is 6.95. The Hall–Kier alpha value is -4.12. The molecule has 2 aromatic heterocycles. The van der Waals surface area contributed by atoms with Crippen molar-refractivity contribution in [1.29, 1.82) is 5.26 Å². The van der Waals surface area contributed by atoms with Crippen LogP contribution >= 0.6 is 0 Å². The molecule has 0 spiro atoms. The molecule has 4 rings (SSSR count). The number of amides is 1. The summed E-state index contributed by atoms with van der Waals surface area (Å²) in [6.07, 6.45) is 7.97. The molecule has 31 heavy (non-hydrogen) atoms. The quantitative estimate of drug-likeness (QED) is 0.686. The first kappa shape index (κ1) is 20.2. The molecule has 3 aromatic rings. The fourth-order valence-corrected chi connectivity index (χ4v) is 3.57. The van der Waals surface area contributed by atoms with Crippen LogP contribution in [0.5, 0.6) is 11.5 Å².